The summed E-state index contributed by atoms with van der Waals surface area (Å²) in [6, 6.07) is 0. The molecule has 3 N–H and O–H groups in total. The number of hydrogen-bond donors (Lipinski definition) is 2. The number of β-amino-alcohol motifs (C(OH)–C–C–N with tert-alkyl or cyclic N) is 1. The topological polar surface area (TPSA) is 102 Å². The second-order valence-electron chi connectivity index (χ2n) is 3.60. The van der Waals surface area contributed by atoms with E-state index in [1.54, 1.807) is 5.01 Å². The zero-order valence-corrected chi connectivity index (χ0v) is 9.08. The average Bonchev–Trinajstić information content (AvgIpc) is 2.27. The summed E-state index contributed by atoms with van der Waals surface area (Å²) in [4.78, 5) is 23.3. The number of aliphatic hydroxyl groups excluding tert-OH is 1. The van der Waals surface area contributed by atoms with Crippen molar-refractivity contribution in [3.05, 3.63) is 4.91 Å². The molecule has 1 amide bonds. The van der Waals surface area contributed by atoms with E-state index >= 15 is 0 Å². The normalized spacial score (nSPS) is 18.3. The third-order valence-electron chi connectivity index (χ3n) is 2.48. The number of primary amides is 1. The lowest BCUT2D eigenvalue weighted by Crippen LogP contribution is -2.53. The number of carbonyl (C=O) groups is 1. The number of hydrogen-bond acceptors (Lipinski definition) is 6. The summed E-state index contributed by atoms with van der Waals surface area (Å²) in [5, 5.41) is 14.3. The Bertz CT molecular complexity index is 242. The van der Waals surface area contributed by atoms with E-state index in [1.807, 2.05) is 0 Å². The summed E-state index contributed by atoms with van der Waals surface area (Å²) in [5.74, 6) is -0.586. The Labute approximate surface area is 93.5 Å². The number of rotatable bonds is 6. The molecule has 0 saturated carbocycles. The molecule has 0 spiro atoms. The van der Waals surface area contributed by atoms with Gasteiger partial charge in [0, 0.05) is 32.7 Å². The molecule has 0 aliphatic carbocycles. The van der Waals surface area contributed by atoms with Crippen LogP contribution in [0.1, 0.15) is 0 Å². The minimum absolute atomic E-state index is 0.122. The fourth-order valence-electron chi connectivity index (χ4n) is 1.65. The number of nitroso groups, excluding NO2 is 1. The Kier molecular flexibility index (Phi) is 5.09. The van der Waals surface area contributed by atoms with Crippen LogP contribution in [0.3, 0.4) is 0 Å². The van der Waals surface area contributed by atoms with Gasteiger partial charge in [-0.3, -0.25) is 9.69 Å². The first-order valence-corrected chi connectivity index (χ1v) is 5.14. The van der Waals surface area contributed by atoms with Crippen LogP contribution in [0.2, 0.25) is 0 Å². The van der Waals surface area contributed by atoms with Gasteiger partial charge in [-0.15, -0.1) is 4.91 Å². The van der Waals surface area contributed by atoms with E-state index in [4.69, 9.17) is 10.8 Å². The molecule has 1 heterocycles. The van der Waals surface area contributed by atoms with Crippen LogP contribution in [0.15, 0.2) is 5.29 Å². The SMILES string of the molecule is NC(=O)CN(N=O)N1CCN(CCO)CC1. The maximum atomic E-state index is 10.7. The number of amides is 1. The highest BCUT2D eigenvalue weighted by Gasteiger charge is 2.22. The molecule has 1 aliphatic heterocycles. The fourth-order valence-corrected chi connectivity index (χ4v) is 1.65. The third-order valence-corrected chi connectivity index (χ3v) is 2.48. The summed E-state index contributed by atoms with van der Waals surface area (Å²) in [7, 11) is 0. The molecule has 0 aromatic rings. The van der Waals surface area contributed by atoms with Crippen LogP contribution in [-0.2, 0) is 4.79 Å². The Morgan fingerprint density at radius 3 is 2.44 bits per heavy atom. The van der Waals surface area contributed by atoms with Gasteiger partial charge in [0.1, 0.15) is 6.54 Å². The molecule has 0 radical (unpaired) electrons. The van der Waals surface area contributed by atoms with Gasteiger partial charge < -0.3 is 10.8 Å². The highest BCUT2D eigenvalue weighted by atomic mass is 16.3. The molecule has 0 aromatic carbocycles. The van der Waals surface area contributed by atoms with Gasteiger partial charge in [0.2, 0.25) is 5.91 Å². The highest BCUT2D eigenvalue weighted by Crippen LogP contribution is 2.05. The first kappa shape index (κ1) is 12.8. The molecule has 1 saturated heterocycles. The van der Waals surface area contributed by atoms with Crippen molar-refractivity contribution in [1.82, 2.24) is 15.0 Å². The van der Waals surface area contributed by atoms with E-state index in [-0.39, 0.29) is 13.2 Å². The highest BCUT2D eigenvalue weighted by molar-refractivity contribution is 5.75. The summed E-state index contributed by atoms with van der Waals surface area (Å²) >= 11 is 0. The van der Waals surface area contributed by atoms with Crippen LogP contribution < -0.4 is 5.73 Å². The predicted octanol–water partition coefficient (Wildman–Crippen LogP) is -2.02. The minimum Gasteiger partial charge on any atom is -0.395 e. The first-order chi connectivity index (χ1) is 7.67. The van der Waals surface area contributed by atoms with Crippen molar-refractivity contribution in [2.24, 2.45) is 11.0 Å². The number of aliphatic hydroxyl groups is 1. The third kappa shape index (κ3) is 3.72. The second kappa shape index (κ2) is 6.36. The van der Waals surface area contributed by atoms with Crippen LogP contribution in [-0.4, -0.2) is 71.9 Å². The number of piperazine rings is 1. The largest absolute Gasteiger partial charge is 0.395 e. The van der Waals surface area contributed by atoms with Gasteiger partial charge >= 0.3 is 0 Å². The van der Waals surface area contributed by atoms with Crippen molar-refractivity contribution in [1.29, 1.82) is 0 Å². The quantitative estimate of drug-likeness (QED) is 0.404. The van der Waals surface area contributed by atoms with Crippen LogP contribution in [0, 0.1) is 4.91 Å². The molecule has 1 fully saturated rings. The van der Waals surface area contributed by atoms with Crippen molar-refractivity contribution >= 4 is 5.91 Å². The van der Waals surface area contributed by atoms with Gasteiger partial charge in [0.15, 0.2) is 0 Å². The lowest BCUT2D eigenvalue weighted by Gasteiger charge is -2.37. The van der Waals surface area contributed by atoms with Crippen LogP contribution in [0.25, 0.3) is 0 Å². The van der Waals surface area contributed by atoms with Crippen molar-refractivity contribution in [3.63, 3.8) is 0 Å². The number of nitrogens with two attached hydrogens (primary N) is 1. The van der Waals surface area contributed by atoms with E-state index < -0.39 is 5.91 Å². The molecule has 92 valence electrons. The second-order valence-corrected chi connectivity index (χ2v) is 3.60. The van der Waals surface area contributed by atoms with E-state index in [9.17, 15) is 9.70 Å². The van der Waals surface area contributed by atoms with Crippen molar-refractivity contribution in [3.8, 4) is 0 Å². The molecule has 1 rings (SSSR count). The molecule has 8 heteroatoms. The molecule has 0 bridgehead atoms. The van der Waals surface area contributed by atoms with Gasteiger partial charge in [-0.1, -0.05) is 0 Å². The number of hydrazine groups is 1. The fraction of sp³-hybridized carbons (Fsp3) is 0.875. The van der Waals surface area contributed by atoms with Crippen molar-refractivity contribution < 1.29 is 9.90 Å². The zero-order chi connectivity index (χ0) is 12.0. The van der Waals surface area contributed by atoms with Crippen LogP contribution in [0.5, 0.6) is 0 Å². The lowest BCUT2D eigenvalue weighted by atomic mass is 10.3. The molecule has 16 heavy (non-hydrogen) atoms. The molecule has 8 nitrogen and oxygen atoms in total. The Hall–Kier alpha value is -1.25. The summed E-state index contributed by atoms with van der Waals surface area (Å²) in [5.41, 5.74) is 5.00. The van der Waals surface area contributed by atoms with Gasteiger partial charge in [0.25, 0.3) is 0 Å². The first-order valence-electron chi connectivity index (χ1n) is 5.14. The molecular weight excluding hydrogens is 214 g/mol. The summed E-state index contributed by atoms with van der Waals surface area (Å²) < 4.78 is 0. The molecule has 0 aromatic heterocycles. The van der Waals surface area contributed by atoms with Gasteiger partial charge in [0.05, 0.1) is 11.9 Å². The van der Waals surface area contributed by atoms with Crippen LogP contribution in [0.4, 0.5) is 0 Å². The standard InChI is InChI=1S/C8H17N5O3/c9-8(15)7-13(10-16)12-3-1-11(2-4-12)5-6-14/h14H,1-7H2,(H2,9,15). The summed E-state index contributed by atoms with van der Waals surface area (Å²) in [6.07, 6.45) is 0. The number of carbonyl (C=O) groups excluding carboxylic acids is 1. The van der Waals surface area contributed by atoms with Gasteiger partial charge in [-0.25, -0.2) is 0 Å². The van der Waals surface area contributed by atoms with Crippen molar-refractivity contribution in [2.45, 2.75) is 0 Å². The maximum absolute atomic E-state index is 10.7. The molecular formula is C8H17N5O3. The van der Waals surface area contributed by atoms with E-state index in [0.717, 1.165) is 18.2 Å². The maximum Gasteiger partial charge on any atom is 0.240 e. The van der Waals surface area contributed by atoms with Crippen LogP contribution >= 0.6 is 0 Å². The molecule has 0 unspecified atom stereocenters. The van der Waals surface area contributed by atoms with E-state index in [2.05, 4.69) is 10.2 Å². The van der Waals surface area contributed by atoms with E-state index in [0.29, 0.717) is 19.6 Å². The monoisotopic (exact) mass is 231 g/mol. The summed E-state index contributed by atoms with van der Waals surface area (Å²) in [6.45, 7) is 3.20. The Morgan fingerprint density at radius 1 is 1.38 bits per heavy atom. The zero-order valence-electron chi connectivity index (χ0n) is 9.08. The lowest BCUT2D eigenvalue weighted by molar-refractivity contribution is -0.127. The van der Waals surface area contributed by atoms with Gasteiger partial charge in [-0.05, 0) is 0 Å². The molecule has 0 atom stereocenters. The van der Waals surface area contributed by atoms with Crippen molar-refractivity contribution in [2.75, 3.05) is 45.9 Å². The van der Waals surface area contributed by atoms with E-state index in [1.165, 1.54) is 0 Å². The predicted molar refractivity (Wildman–Crippen MR) is 56.8 cm³/mol. The average molecular weight is 231 g/mol. The number of nitrogens with zero attached hydrogens (tertiary/aromatic N) is 4. The Balaban J connectivity index is 2.38. The Morgan fingerprint density at radius 2 is 2.00 bits per heavy atom. The minimum atomic E-state index is -0.586. The molecule has 1 aliphatic rings. The van der Waals surface area contributed by atoms with Gasteiger partial charge in [-0.2, -0.15) is 10.1 Å². The smallest absolute Gasteiger partial charge is 0.240 e.